The molecule has 1 aliphatic rings. The molecule has 0 unspecified atom stereocenters. The molecule has 0 atom stereocenters. The first kappa shape index (κ1) is 14.0. The molecule has 0 amide bonds. The summed E-state index contributed by atoms with van der Waals surface area (Å²) in [7, 11) is 0. The zero-order valence-electron chi connectivity index (χ0n) is 12.4. The molecule has 3 aromatic rings. The number of fused-ring (bicyclic) bond motifs is 1. The Morgan fingerprint density at radius 2 is 1.91 bits per heavy atom. The predicted molar refractivity (Wildman–Crippen MR) is 95.0 cm³/mol. The van der Waals surface area contributed by atoms with E-state index in [9.17, 15) is 0 Å². The number of nitrogens with zero attached hydrogens (tertiary/aromatic N) is 1. The van der Waals surface area contributed by atoms with Crippen molar-refractivity contribution in [3.8, 4) is 0 Å². The average molecular weight is 355 g/mol. The fourth-order valence-corrected chi connectivity index (χ4v) is 3.28. The van der Waals surface area contributed by atoms with Crippen LogP contribution >= 0.6 is 15.9 Å². The van der Waals surface area contributed by atoms with Crippen molar-refractivity contribution >= 4 is 26.8 Å². The van der Waals surface area contributed by atoms with Gasteiger partial charge in [-0.05, 0) is 36.1 Å². The maximum Gasteiger partial charge on any atom is 0.0498 e. The maximum absolute atomic E-state index is 3.63. The van der Waals surface area contributed by atoms with Crippen molar-refractivity contribution in [3.63, 3.8) is 0 Å². The van der Waals surface area contributed by atoms with Crippen LogP contribution in [-0.4, -0.2) is 10.6 Å². The fourth-order valence-electron chi connectivity index (χ4n) is 2.93. The van der Waals surface area contributed by atoms with Gasteiger partial charge in [-0.15, -0.1) is 0 Å². The minimum atomic E-state index is 0.739. The molecule has 22 heavy (non-hydrogen) atoms. The van der Waals surface area contributed by atoms with E-state index in [4.69, 9.17) is 0 Å². The molecule has 0 radical (unpaired) electrons. The van der Waals surface area contributed by atoms with Crippen LogP contribution in [0.2, 0.25) is 0 Å². The summed E-state index contributed by atoms with van der Waals surface area (Å²) in [6.07, 6.45) is 4.96. The molecule has 112 valence electrons. The molecule has 1 heterocycles. The summed E-state index contributed by atoms with van der Waals surface area (Å²) < 4.78 is 3.49. The molecule has 2 nitrogen and oxygen atoms in total. The smallest absolute Gasteiger partial charge is 0.0498 e. The Morgan fingerprint density at radius 1 is 1.09 bits per heavy atom. The standard InChI is InChI=1S/C19H19BrN2/c20-16-6-9-18-15(11-21-17-7-8-17)13-22(19(18)10-16)12-14-4-2-1-3-5-14/h1-6,9-10,13,17,21H,7-8,11-12H2. The molecule has 0 bridgehead atoms. The van der Waals surface area contributed by atoms with Gasteiger partial charge in [0.1, 0.15) is 0 Å². The van der Waals surface area contributed by atoms with Gasteiger partial charge in [0.25, 0.3) is 0 Å². The van der Waals surface area contributed by atoms with Gasteiger partial charge in [0.05, 0.1) is 0 Å². The van der Waals surface area contributed by atoms with E-state index in [-0.39, 0.29) is 0 Å². The van der Waals surface area contributed by atoms with Crippen molar-refractivity contribution in [2.45, 2.75) is 32.0 Å². The SMILES string of the molecule is Brc1ccc2c(CNC3CC3)cn(Cc3ccccc3)c2c1. The van der Waals surface area contributed by atoms with Gasteiger partial charge in [0, 0.05) is 40.7 Å². The molecule has 1 N–H and O–H groups in total. The zero-order valence-corrected chi connectivity index (χ0v) is 14.0. The second-order valence-electron chi connectivity index (χ2n) is 6.08. The van der Waals surface area contributed by atoms with Crippen LogP contribution in [0.5, 0.6) is 0 Å². The molecule has 2 aromatic carbocycles. The number of nitrogens with one attached hydrogen (secondary N) is 1. The molecule has 1 fully saturated rings. The van der Waals surface area contributed by atoms with Crippen LogP contribution < -0.4 is 5.32 Å². The lowest BCUT2D eigenvalue weighted by Crippen LogP contribution is -2.14. The quantitative estimate of drug-likeness (QED) is 0.702. The Labute approximate surface area is 139 Å². The lowest BCUT2D eigenvalue weighted by Gasteiger charge is -2.05. The molecular formula is C19H19BrN2. The van der Waals surface area contributed by atoms with Crippen molar-refractivity contribution in [2.24, 2.45) is 0 Å². The monoisotopic (exact) mass is 354 g/mol. The summed E-state index contributed by atoms with van der Waals surface area (Å²) in [5, 5.41) is 4.99. The van der Waals surface area contributed by atoms with E-state index in [2.05, 4.69) is 80.5 Å². The van der Waals surface area contributed by atoms with E-state index >= 15 is 0 Å². The first-order valence-corrected chi connectivity index (χ1v) is 8.63. The number of aromatic nitrogens is 1. The van der Waals surface area contributed by atoms with Crippen LogP contribution in [0.3, 0.4) is 0 Å². The van der Waals surface area contributed by atoms with Crippen LogP contribution in [0, 0.1) is 0 Å². The van der Waals surface area contributed by atoms with E-state index in [0.717, 1.165) is 23.6 Å². The average Bonchev–Trinajstić information content (AvgIpc) is 3.30. The van der Waals surface area contributed by atoms with Crippen LogP contribution in [-0.2, 0) is 13.1 Å². The largest absolute Gasteiger partial charge is 0.343 e. The number of benzene rings is 2. The van der Waals surface area contributed by atoms with Crippen molar-refractivity contribution < 1.29 is 0 Å². The molecular weight excluding hydrogens is 336 g/mol. The Balaban J connectivity index is 1.70. The lowest BCUT2D eigenvalue weighted by molar-refractivity contribution is 0.687. The summed E-state index contributed by atoms with van der Waals surface area (Å²) in [6, 6.07) is 18.0. The van der Waals surface area contributed by atoms with Gasteiger partial charge in [-0.25, -0.2) is 0 Å². The van der Waals surface area contributed by atoms with Crippen molar-refractivity contribution in [2.75, 3.05) is 0 Å². The number of hydrogen-bond donors (Lipinski definition) is 1. The Kier molecular flexibility index (Phi) is 3.77. The minimum Gasteiger partial charge on any atom is -0.343 e. The summed E-state index contributed by atoms with van der Waals surface area (Å²) in [6.45, 7) is 1.88. The summed E-state index contributed by atoms with van der Waals surface area (Å²) in [5.74, 6) is 0. The van der Waals surface area contributed by atoms with Gasteiger partial charge in [0.2, 0.25) is 0 Å². The predicted octanol–water partition coefficient (Wildman–Crippen LogP) is 4.70. The van der Waals surface area contributed by atoms with Crippen LogP contribution in [0.1, 0.15) is 24.0 Å². The summed E-state index contributed by atoms with van der Waals surface area (Å²) in [4.78, 5) is 0. The van der Waals surface area contributed by atoms with Crippen LogP contribution in [0.4, 0.5) is 0 Å². The van der Waals surface area contributed by atoms with Gasteiger partial charge >= 0.3 is 0 Å². The van der Waals surface area contributed by atoms with E-state index < -0.39 is 0 Å². The highest BCUT2D eigenvalue weighted by Crippen LogP contribution is 2.27. The second kappa shape index (κ2) is 5.90. The Bertz CT molecular complexity index is 788. The van der Waals surface area contributed by atoms with E-state index in [1.165, 1.54) is 34.9 Å². The number of hydrogen-bond acceptors (Lipinski definition) is 1. The normalized spacial score (nSPS) is 14.6. The van der Waals surface area contributed by atoms with Gasteiger partial charge in [0.15, 0.2) is 0 Å². The maximum atomic E-state index is 3.63. The van der Waals surface area contributed by atoms with Crippen LogP contribution in [0.15, 0.2) is 59.2 Å². The number of halogens is 1. The molecule has 0 aliphatic heterocycles. The molecule has 1 aromatic heterocycles. The first-order valence-electron chi connectivity index (χ1n) is 7.84. The first-order chi connectivity index (χ1) is 10.8. The van der Waals surface area contributed by atoms with E-state index in [1.54, 1.807) is 0 Å². The van der Waals surface area contributed by atoms with E-state index in [0.29, 0.717) is 0 Å². The third-order valence-corrected chi connectivity index (χ3v) is 4.77. The minimum absolute atomic E-state index is 0.739. The third kappa shape index (κ3) is 2.96. The van der Waals surface area contributed by atoms with Crippen molar-refractivity contribution in [1.82, 2.24) is 9.88 Å². The Hall–Kier alpha value is -1.58. The Morgan fingerprint density at radius 3 is 2.68 bits per heavy atom. The van der Waals surface area contributed by atoms with Crippen molar-refractivity contribution in [3.05, 3.63) is 70.3 Å². The van der Waals surface area contributed by atoms with Gasteiger partial charge < -0.3 is 9.88 Å². The molecule has 0 spiro atoms. The molecule has 1 aliphatic carbocycles. The van der Waals surface area contributed by atoms with Crippen molar-refractivity contribution in [1.29, 1.82) is 0 Å². The van der Waals surface area contributed by atoms with Gasteiger partial charge in [-0.1, -0.05) is 52.3 Å². The van der Waals surface area contributed by atoms with Gasteiger partial charge in [-0.3, -0.25) is 0 Å². The topological polar surface area (TPSA) is 17.0 Å². The highest BCUT2D eigenvalue weighted by molar-refractivity contribution is 9.10. The molecule has 3 heteroatoms. The molecule has 1 saturated carbocycles. The second-order valence-corrected chi connectivity index (χ2v) is 7.00. The zero-order chi connectivity index (χ0) is 14.9. The van der Waals surface area contributed by atoms with Crippen LogP contribution in [0.25, 0.3) is 10.9 Å². The summed E-state index contributed by atoms with van der Waals surface area (Å²) in [5.41, 5.74) is 4.03. The molecule has 0 saturated heterocycles. The highest BCUT2D eigenvalue weighted by Gasteiger charge is 2.21. The van der Waals surface area contributed by atoms with E-state index in [1.807, 2.05) is 0 Å². The molecule has 4 rings (SSSR count). The fraction of sp³-hybridized carbons (Fsp3) is 0.263. The third-order valence-electron chi connectivity index (χ3n) is 4.28. The summed E-state index contributed by atoms with van der Waals surface area (Å²) >= 11 is 3.60. The lowest BCUT2D eigenvalue weighted by atomic mass is 10.2. The highest BCUT2D eigenvalue weighted by atomic mass is 79.9. The number of rotatable bonds is 5. The van der Waals surface area contributed by atoms with Gasteiger partial charge in [-0.2, -0.15) is 0 Å².